The van der Waals surface area contributed by atoms with Crippen molar-refractivity contribution >= 4 is 24.0 Å². The van der Waals surface area contributed by atoms with Crippen molar-refractivity contribution < 1.29 is 0 Å². The number of hydrogen-bond acceptors (Lipinski definition) is 3. The van der Waals surface area contributed by atoms with Crippen LogP contribution < -0.4 is 0 Å². The molecule has 0 radical (unpaired) electrons. The Hall–Kier alpha value is 0.0100. The fourth-order valence-corrected chi connectivity index (χ4v) is 3.24. The fraction of sp³-hybridized carbons (Fsp3) is 0.667. The summed E-state index contributed by atoms with van der Waals surface area (Å²) in [5, 5.41) is 2.23. The maximum Gasteiger partial charge on any atom is 0.0244 e. The number of hydrogen-bond donors (Lipinski definition) is 1. The summed E-state index contributed by atoms with van der Waals surface area (Å²) in [6.45, 7) is 3.71. The molecule has 0 fully saturated rings. The molecule has 0 bridgehead atoms. The molecule has 0 aromatic carbocycles. The largest absolute Gasteiger partial charge is 0.299 e. The second-order valence-electron chi connectivity index (χ2n) is 4.18. The van der Waals surface area contributed by atoms with Crippen LogP contribution in [0.25, 0.3) is 0 Å². The second-order valence-corrected chi connectivity index (χ2v) is 5.63. The molecule has 15 heavy (non-hydrogen) atoms. The Morgan fingerprint density at radius 1 is 1.33 bits per heavy atom. The summed E-state index contributed by atoms with van der Waals surface area (Å²) in [5.74, 6) is 1.04. The minimum atomic E-state index is 1.04. The van der Waals surface area contributed by atoms with Gasteiger partial charge < -0.3 is 0 Å². The molecule has 1 aromatic heterocycles. The summed E-state index contributed by atoms with van der Waals surface area (Å²) in [6, 6.07) is 2.29. The van der Waals surface area contributed by atoms with Crippen LogP contribution in [0.5, 0.6) is 0 Å². The van der Waals surface area contributed by atoms with Gasteiger partial charge >= 0.3 is 0 Å². The van der Waals surface area contributed by atoms with E-state index >= 15 is 0 Å². The lowest BCUT2D eigenvalue weighted by Gasteiger charge is -2.26. The van der Waals surface area contributed by atoms with E-state index in [2.05, 4.69) is 29.0 Å². The Labute approximate surface area is 102 Å². The zero-order valence-electron chi connectivity index (χ0n) is 9.11. The summed E-state index contributed by atoms with van der Waals surface area (Å²) in [4.78, 5) is 4.20. The molecule has 0 amide bonds. The quantitative estimate of drug-likeness (QED) is 0.612. The van der Waals surface area contributed by atoms with E-state index in [1.165, 1.54) is 45.3 Å². The van der Waals surface area contributed by atoms with Crippen molar-refractivity contribution in [1.82, 2.24) is 4.90 Å². The predicted molar refractivity (Wildman–Crippen MR) is 71.0 cm³/mol. The van der Waals surface area contributed by atoms with Crippen molar-refractivity contribution in [3.63, 3.8) is 0 Å². The normalized spacial score (nSPS) is 16.6. The zero-order valence-corrected chi connectivity index (χ0v) is 10.8. The molecule has 0 saturated carbocycles. The van der Waals surface area contributed by atoms with Crippen molar-refractivity contribution in [3.8, 4) is 0 Å². The lowest BCUT2D eigenvalue weighted by atomic mass is 10.1. The molecule has 1 aliphatic rings. The number of thiol groups is 1. The van der Waals surface area contributed by atoms with Gasteiger partial charge in [0, 0.05) is 18.0 Å². The van der Waals surface area contributed by atoms with Crippen LogP contribution in [0.1, 0.15) is 29.7 Å². The highest BCUT2D eigenvalue weighted by Crippen LogP contribution is 2.24. The van der Waals surface area contributed by atoms with Gasteiger partial charge in [0.25, 0.3) is 0 Å². The van der Waals surface area contributed by atoms with Crippen molar-refractivity contribution in [2.45, 2.75) is 32.2 Å². The summed E-state index contributed by atoms with van der Waals surface area (Å²) in [5.41, 5.74) is 1.57. The van der Waals surface area contributed by atoms with Crippen LogP contribution in [0.3, 0.4) is 0 Å². The van der Waals surface area contributed by atoms with Gasteiger partial charge in [-0.1, -0.05) is 6.42 Å². The fourth-order valence-electron chi connectivity index (χ4n) is 2.12. The van der Waals surface area contributed by atoms with Crippen LogP contribution in [-0.4, -0.2) is 23.7 Å². The predicted octanol–water partition coefficient (Wildman–Crippen LogP) is 3.21. The Balaban J connectivity index is 1.73. The molecule has 2 heterocycles. The number of rotatable bonds is 5. The molecule has 3 heteroatoms. The maximum atomic E-state index is 4.24. The van der Waals surface area contributed by atoms with E-state index in [1.807, 2.05) is 11.3 Å². The van der Waals surface area contributed by atoms with Gasteiger partial charge in [-0.05, 0) is 48.6 Å². The highest BCUT2D eigenvalue weighted by atomic mass is 32.1. The number of nitrogens with zero attached hydrogens (tertiary/aromatic N) is 1. The Bertz CT molecular complexity index is 296. The van der Waals surface area contributed by atoms with E-state index in [9.17, 15) is 0 Å². The first kappa shape index (κ1) is 11.5. The topological polar surface area (TPSA) is 3.24 Å². The van der Waals surface area contributed by atoms with E-state index in [1.54, 1.807) is 10.4 Å². The van der Waals surface area contributed by atoms with Crippen LogP contribution in [0.4, 0.5) is 0 Å². The van der Waals surface area contributed by atoms with Gasteiger partial charge in [-0.25, -0.2) is 0 Å². The molecule has 84 valence electrons. The first-order valence-electron chi connectivity index (χ1n) is 5.78. The summed E-state index contributed by atoms with van der Waals surface area (Å²) < 4.78 is 0. The molecule has 0 N–H and O–H groups in total. The highest BCUT2D eigenvalue weighted by Gasteiger charge is 2.15. The minimum absolute atomic E-state index is 1.04. The third kappa shape index (κ3) is 3.23. The number of unbranched alkanes of at least 4 members (excludes halogenated alkanes) is 2. The Morgan fingerprint density at radius 3 is 3.13 bits per heavy atom. The highest BCUT2D eigenvalue weighted by molar-refractivity contribution is 7.80. The van der Waals surface area contributed by atoms with Gasteiger partial charge in [0.05, 0.1) is 0 Å². The van der Waals surface area contributed by atoms with Crippen LogP contribution in [0.15, 0.2) is 11.4 Å². The standard InChI is InChI=1S/C12H19NS2/c14-8-3-1-2-6-13-7-4-12-11(10-13)5-9-15-12/h5,9,14H,1-4,6-8,10H2. The second kappa shape index (κ2) is 5.92. The van der Waals surface area contributed by atoms with Crippen molar-refractivity contribution in [2.75, 3.05) is 18.8 Å². The van der Waals surface area contributed by atoms with Crippen molar-refractivity contribution in [1.29, 1.82) is 0 Å². The molecule has 1 aromatic rings. The van der Waals surface area contributed by atoms with E-state index < -0.39 is 0 Å². The Kier molecular flexibility index (Phi) is 4.54. The van der Waals surface area contributed by atoms with E-state index in [0.29, 0.717) is 0 Å². The first-order valence-corrected chi connectivity index (χ1v) is 7.30. The van der Waals surface area contributed by atoms with E-state index in [-0.39, 0.29) is 0 Å². The van der Waals surface area contributed by atoms with Gasteiger partial charge in [0.2, 0.25) is 0 Å². The first-order chi connectivity index (χ1) is 7.40. The smallest absolute Gasteiger partial charge is 0.0244 e. The van der Waals surface area contributed by atoms with Crippen LogP contribution in [0, 0.1) is 0 Å². The van der Waals surface area contributed by atoms with Crippen LogP contribution in [0.2, 0.25) is 0 Å². The minimum Gasteiger partial charge on any atom is -0.299 e. The zero-order chi connectivity index (χ0) is 10.5. The molecule has 0 saturated heterocycles. The maximum absolute atomic E-state index is 4.24. The molecule has 0 aliphatic carbocycles. The summed E-state index contributed by atoms with van der Waals surface area (Å²) >= 11 is 6.16. The third-order valence-corrected chi connectivity index (χ3v) is 4.36. The molecular weight excluding hydrogens is 222 g/mol. The molecule has 2 rings (SSSR count). The average molecular weight is 241 g/mol. The monoisotopic (exact) mass is 241 g/mol. The van der Waals surface area contributed by atoms with E-state index in [4.69, 9.17) is 0 Å². The molecule has 0 spiro atoms. The SMILES string of the molecule is SCCCCCN1CCc2sccc2C1. The van der Waals surface area contributed by atoms with Gasteiger partial charge in [-0.3, -0.25) is 4.90 Å². The number of thiophene rings is 1. The summed E-state index contributed by atoms with van der Waals surface area (Å²) in [6.07, 6.45) is 5.19. The van der Waals surface area contributed by atoms with Gasteiger partial charge in [0.15, 0.2) is 0 Å². The van der Waals surface area contributed by atoms with Gasteiger partial charge in [-0.2, -0.15) is 12.6 Å². The van der Waals surface area contributed by atoms with Gasteiger partial charge in [-0.15, -0.1) is 11.3 Å². The Morgan fingerprint density at radius 2 is 2.27 bits per heavy atom. The van der Waals surface area contributed by atoms with Crippen LogP contribution >= 0.6 is 24.0 Å². The lowest BCUT2D eigenvalue weighted by Crippen LogP contribution is -2.30. The van der Waals surface area contributed by atoms with Crippen molar-refractivity contribution in [3.05, 3.63) is 21.9 Å². The molecule has 0 unspecified atom stereocenters. The third-order valence-electron chi connectivity index (χ3n) is 3.02. The molecule has 1 nitrogen and oxygen atoms in total. The van der Waals surface area contributed by atoms with Gasteiger partial charge in [0.1, 0.15) is 0 Å². The molecule has 1 aliphatic heterocycles. The molecular formula is C12H19NS2. The van der Waals surface area contributed by atoms with E-state index in [0.717, 1.165) is 5.75 Å². The molecule has 0 atom stereocenters. The average Bonchev–Trinajstić information content (AvgIpc) is 2.71. The van der Waals surface area contributed by atoms with Crippen molar-refractivity contribution in [2.24, 2.45) is 0 Å². The van der Waals surface area contributed by atoms with Crippen LogP contribution in [-0.2, 0) is 13.0 Å². The number of fused-ring (bicyclic) bond motifs is 1. The lowest BCUT2D eigenvalue weighted by molar-refractivity contribution is 0.250. The summed E-state index contributed by atoms with van der Waals surface area (Å²) in [7, 11) is 0.